The first-order valence-corrected chi connectivity index (χ1v) is 6.22. The average molecular weight is 209 g/mol. The predicted molar refractivity (Wildman–Crippen MR) is 70.7 cm³/mol. The number of aliphatic imine (C=N–C) groups is 1. The molecule has 0 heterocycles. The first kappa shape index (κ1) is 14.4. The van der Waals surface area contributed by atoms with E-state index in [1.54, 1.807) is 5.57 Å². The molecule has 0 aromatic rings. The fourth-order valence-corrected chi connectivity index (χ4v) is 1.90. The molecule has 0 amide bonds. The Labute approximate surface area is 95.7 Å². The molecular weight excluding hydrogens is 182 g/mol. The molecule has 0 radical (unpaired) electrons. The van der Waals surface area contributed by atoms with Gasteiger partial charge in [0.15, 0.2) is 0 Å². The summed E-state index contributed by atoms with van der Waals surface area (Å²) in [5.41, 5.74) is 3.04. The lowest BCUT2D eigenvalue weighted by molar-refractivity contribution is 0.439. The van der Waals surface area contributed by atoms with E-state index in [2.05, 4.69) is 39.6 Å². The van der Waals surface area contributed by atoms with Gasteiger partial charge in [0.2, 0.25) is 0 Å². The molecule has 1 rings (SSSR count). The molecular formula is C14H27N. The van der Waals surface area contributed by atoms with Crippen LogP contribution in [0.15, 0.2) is 16.1 Å². The van der Waals surface area contributed by atoms with Crippen molar-refractivity contribution >= 4 is 6.21 Å². The monoisotopic (exact) mass is 209 g/mol. The summed E-state index contributed by atoms with van der Waals surface area (Å²) in [5.74, 6) is 0.727. The summed E-state index contributed by atoms with van der Waals surface area (Å²) in [6, 6.07) is 0.462. The summed E-state index contributed by atoms with van der Waals surface area (Å²) < 4.78 is 0. The number of allylic oxidation sites excluding steroid dienone is 1. The first-order valence-electron chi connectivity index (χ1n) is 6.22. The molecule has 0 bridgehead atoms. The van der Waals surface area contributed by atoms with Crippen LogP contribution in [-0.4, -0.2) is 12.3 Å². The third-order valence-corrected chi connectivity index (χ3v) is 2.94. The first-order chi connectivity index (χ1) is 7.08. The molecule has 1 aliphatic carbocycles. The maximum Gasteiger partial charge on any atom is 0.0730 e. The lowest BCUT2D eigenvalue weighted by atomic mass is 9.82. The molecule has 0 aromatic carbocycles. The van der Waals surface area contributed by atoms with Crippen molar-refractivity contribution in [2.75, 3.05) is 0 Å². The van der Waals surface area contributed by atoms with E-state index in [9.17, 15) is 0 Å². The van der Waals surface area contributed by atoms with Crippen LogP contribution >= 0.6 is 0 Å². The minimum absolute atomic E-state index is 0.462. The number of hydrogen-bond donors (Lipinski definition) is 0. The van der Waals surface area contributed by atoms with Gasteiger partial charge in [-0.2, -0.15) is 0 Å². The maximum absolute atomic E-state index is 4.51. The third-order valence-electron chi connectivity index (χ3n) is 2.94. The fourth-order valence-electron chi connectivity index (χ4n) is 1.90. The Bertz CT molecular complexity index is 225. The van der Waals surface area contributed by atoms with Crippen molar-refractivity contribution < 1.29 is 0 Å². The van der Waals surface area contributed by atoms with Crippen molar-refractivity contribution in [1.29, 1.82) is 0 Å². The zero-order chi connectivity index (χ0) is 11.8. The van der Waals surface area contributed by atoms with E-state index in [1.807, 2.05) is 13.1 Å². The summed E-state index contributed by atoms with van der Waals surface area (Å²) in [7, 11) is 0. The number of hydrogen-bond acceptors (Lipinski definition) is 1. The van der Waals surface area contributed by atoms with Crippen LogP contribution in [-0.2, 0) is 0 Å². The quantitative estimate of drug-likeness (QED) is 0.441. The van der Waals surface area contributed by atoms with Gasteiger partial charge in [0.25, 0.3) is 0 Å². The smallest absolute Gasteiger partial charge is 0.0730 e. The van der Waals surface area contributed by atoms with Crippen LogP contribution in [0.4, 0.5) is 0 Å². The third kappa shape index (κ3) is 4.63. The molecule has 0 N–H and O–H groups in total. The van der Waals surface area contributed by atoms with Crippen molar-refractivity contribution in [1.82, 2.24) is 0 Å². The Balaban J connectivity index is 0.000000583. The highest BCUT2D eigenvalue weighted by Gasteiger charge is 2.23. The highest BCUT2D eigenvalue weighted by molar-refractivity contribution is 5.54. The summed E-state index contributed by atoms with van der Waals surface area (Å²) in [4.78, 5) is 4.51. The van der Waals surface area contributed by atoms with Crippen LogP contribution in [0.2, 0.25) is 0 Å². The van der Waals surface area contributed by atoms with Gasteiger partial charge in [-0.25, -0.2) is 0 Å². The van der Waals surface area contributed by atoms with Gasteiger partial charge in [-0.05, 0) is 51.3 Å². The molecule has 2 atom stereocenters. The Morgan fingerprint density at radius 2 is 1.87 bits per heavy atom. The van der Waals surface area contributed by atoms with E-state index in [1.165, 1.54) is 24.8 Å². The van der Waals surface area contributed by atoms with Gasteiger partial charge in [0, 0.05) is 0 Å². The molecule has 0 spiro atoms. The molecule has 0 fully saturated rings. The van der Waals surface area contributed by atoms with E-state index in [-0.39, 0.29) is 0 Å². The lowest BCUT2D eigenvalue weighted by Crippen LogP contribution is -2.22. The van der Waals surface area contributed by atoms with E-state index in [0.29, 0.717) is 6.04 Å². The molecule has 88 valence electrons. The SMILES string of the molecule is CC=NC1C(C)=C(C)CCC1C.CCC. The lowest BCUT2D eigenvalue weighted by Gasteiger charge is -2.28. The van der Waals surface area contributed by atoms with Gasteiger partial charge in [-0.1, -0.05) is 32.8 Å². The van der Waals surface area contributed by atoms with E-state index in [4.69, 9.17) is 0 Å². The Hall–Kier alpha value is -0.590. The van der Waals surface area contributed by atoms with Gasteiger partial charge in [0.05, 0.1) is 6.04 Å². The molecule has 2 unspecified atom stereocenters. The minimum atomic E-state index is 0.462. The van der Waals surface area contributed by atoms with Crippen molar-refractivity contribution in [3.05, 3.63) is 11.1 Å². The Kier molecular flexibility index (Phi) is 7.37. The van der Waals surface area contributed by atoms with Crippen molar-refractivity contribution in [2.45, 2.75) is 66.8 Å². The van der Waals surface area contributed by atoms with Gasteiger partial charge < -0.3 is 0 Å². The van der Waals surface area contributed by atoms with Crippen LogP contribution in [0.25, 0.3) is 0 Å². The standard InChI is InChI=1S/C11H19N.C3H8/c1-5-12-11-9(3)7-6-8(2)10(11)4;1-3-2/h5,9,11H,6-7H2,1-4H3;3H2,1-2H3. The van der Waals surface area contributed by atoms with Crippen LogP contribution in [0.3, 0.4) is 0 Å². The van der Waals surface area contributed by atoms with Crippen molar-refractivity contribution in [3.63, 3.8) is 0 Å². The van der Waals surface area contributed by atoms with Gasteiger partial charge in [-0.15, -0.1) is 0 Å². The Morgan fingerprint density at radius 1 is 1.33 bits per heavy atom. The summed E-state index contributed by atoms with van der Waals surface area (Å²) in [6.07, 6.45) is 5.75. The van der Waals surface area contributed by atoms with Crippen molar-refractivity contribution in [3.8, 4) is 0 Å². The molecule has 0 saturated carbocycles. The zero-order valence-corrected chi connectivity index (χ0v) is 11.3. The van der Waals surface area contributed by atoms with Crippen molar-refractivity contribution in [2.24, 2.45) is 10.9 Å². The van der Waals surface area contributed by atoms with Gasteiger partial charge >= 0.3 is 0 Å². The van der Waals surface area contributed by atoms with Gasteiger partial charge in [0.1, 0.15) is 0 Å². The molecule has 15 heavy (non-hydrogen) atoms. The molecule has 1 nitrogen and oxygen atoms in total. The van der Waals surface area contributed by atoms with E-state index in [0.717, 1.165) is 5.92 Å². The molecule has 0 aromatic heterocycles. The largest absolute Gasteiger partial charge is 0.290 e. The molecule has 0 aliphatic heterocycles. The minimum Gasteiger partial charge on any atom is -0.290 e. The predicted octanol–water partition coefficient (Wildman–Crippen LogP) is 4.63. The second kappa shape index (κ2) is 7.67. The van der Waals surface area contributed by atoms with Crippen LogP contribution in [0.1, 0.15) is 60.8 Å². The van der Waals surface area contributed by atoms with Gasteiger partial charge in [-0.3, -0.25) is 4.99 Å². The summed E-state index contributed by atoms with van der Waals surface area (Å²) in [6.45, 7) is 13.0. The normalized spacial score (nSPS) is 26.5. The van der Waals surface area contributed by atoms with Crippen LogP contribution in [0.5, 0.6) is 0 Å². The van der Waals surface area contributed by atoms with Crippen LogP contribution < -0.4 is 0 Å². The Morgan fingerprint density at radius 3 is 2.33 bits per heavy atom. The summed E-state index contributed by atoms with van der Waals surface area (Å²) in [5, 5.41) is 0. The highest BCUT2D eigenvalue weighted by atomic mass is 14.8. The fraction of sp³-hybridized carbons (Fsp3) is 0.786. The average Bonchev–Trinajstić information content (AvgIpc) is 2.20. The molecule has 0 saturated heterocycles. The topological polar surface area (TPSA) is 12.4 Å². The summed E-state index contributed by atoms with van der Waals surface area (Å²) >= 11 is 0. The molecule has 1 heteroatoms. The second-order valence-electron chi connectivity index (χ2n) is 4.54. The molecule has 1 aliphatic rings. The van der Waals surface area contributed by atoms with E-state index < -0.39 is 0 Å². The second-order valence-corrected chi connectivity index (χ2v) is 4.54. The maximum atomic E-state index is 4.51. The number of rotatable bonds is 1. The highest BCUT2D eigenvalue weighted by Crippen LogP contribution is 2.30. The van der Waals surface area contributed by atoms with Crippen LogP contribution in [0, 0.1) is 5.92 Å². The zero-order valence-electron chi connectivity index (χ0n) is 11.3. The van der Waals surface area contributed by atoms with E-state index >= 15 is 0 Å². The number of nitrogens with zero attached hydrogens (tertiary/aromatic N) is 1.